The Morgan fingerprint density at radius 3 is 2.83 bits per heavy atom. The predicted octanol–water partition coefficient (Wildman–Crippen LogP) is 2.87. The van der Waals surface area contributed by atoms with Crippen LogP contribution in [0, 0.1) is 5.82 Å². The first-order chi connectivity index (χ1) is 8.83. The molecule has 0 spiro atoms. The summed E-state index contributed by atoms with van der Waals surface area (Å²) < 4.78 is 13.0. The van der Waals surface area contributed by atoms with Crippen molar-refractivity contribution in [1.82, 2.24) is 10.3 Å². The summed E-state index contributed by atoms with van der Waals surface area (Å²) in [5.74, 6) is 0.331. The monoisotopic (exact) mass is 242 g/mol. The Morgan fingerprint density at radius 1 is 1.22 bits per heavy atom. The third kappa shape index (κ3) is 2.57. The van der Waals surface area contributed by atoms with E-state index in [-0.39, 0.29) is 5.82 Å². The van der Waals surface area contributed by atoms with Crippen molar-refractivity contribution in [2.24, 2.45) is 0 Å². The predicted molar refractivity (Wildman–Crippen MR) is 68.6 cm³/mol. The Labute approximate surface area is 106 Å². The van der Waals surface area contributed by atoms with E-state index in [0.717, 1.165) is 12.0 Å². The smallest absolute Gasteiger partial charge is 0.141 e. The molecule has 1 aromatic heterocycles. The molecule has 1 aliphatic rings. The van der Waals surface area contributed by atoms with E-state index < -0.39 is 0 Å². The Bertz CT molecular complexity index is 527. The highest BCUT2D eigenvalue weighted by Crippen LogP contribution is 2.40. The van der Waals surface area contributed by atoms with Gasteiger partial charge in [-0.2, -0.15) is 0 Å². The van der Waals surface area contributed by atoms with E-state index in [2.05, 4.69) is 34.6 Å². The van der Waals surface area contributed by atoms with Gasteiger partial charge in [-0.15, -0.1) is 0 Å². The minimum atomic E-state index is -0.273. The van der Waals surface area contributed by atoms with Gasteiger partial charge in [-0.05, 0) is 23.6 Å². The molecule has 1 saturated carbocycles. The van der Waals surface area contributed by atoms with Gasteiger partial charge in [0.1, 0.15) is 5.82 Å². The number of rotatable bonds is 4. The summed E-state index contributed by atoms with van der Waals surface area (Å²) in [6.07, 6.45) is 4.09. The molecular weight excluding hydrogens is 227 g/mol. The largest absolute Gasteiger partial charge is 0.309 e. The van der Waals surface area contributed by atoms with Crippen LogP contribution < -0.4 is 5.32 Å². The quantitative estimate of drug-likeness (QED) is 0.891. The van der Waals surface area contributed by atoms with E-state index in [4.69, 9.17) is 0 Å². The van der Waals surface area contributed by atoms with E-state index in [1.54, 1.807) is 6.20 Å². The molecule has 18 heavy (non-hydrogen) atoms. The first kappa shape index (κ1) is 11.4. The molecule has 0 amide bonds. The number of benzene rings is 1. The average molecular weight is 242 g/mol. The fourth-order valence-corrected chi connectivity index (χ4v) is 2.29. The topological polar surface area (TPSA) is 24.9 Å². The third-order valence-electron chi connectivity index (χ3n) is 3.35. The summed E-state index contributed by atoms with van der Waals surface area (Å²) in [4.78, 5) is 3.84. The van der Waals surface area contributed by atoms with E-state index in [1.807, 2.05) is 6.07 Å². The Morgan fingerprint density at radius 2 is 2.06 bits per heavy atom. The van der Waals surface area contributed by atoms with Crippen molar-refractivity contribution in [2.75, 3.05) is 0 Å². The van der Waals surface area contributed by atoms with Gasteiger partial charge in [0.15, 0.2) is 0 Å². The lowest BCUT2D eigenvalue weighted by Gasteiger charge is -2.04. The zero-order valence-corrected chi connectivity index (χ0v) is 10.0. The second-order valence-electron chi connectivity index (χ2n) is 4.75. The van der Waals surface area contributed by atoms with Gasteiger partial charge in [-0.1, -0.05) is 30.3 Å². The van der Waals surface area contributed by atoms with Crippen LogP contribution in [0.4, 0.5) is 4.39 Å². The molecule has 0 aliphatic heterocycles. The summed E-state index contributed by atoms with van der Waals surface area (Å²) >= 11 is 0. The average Bonchev–Trinajstić information content (AvgIpc) is 3.17. The maximum absolute atomic E-state index is 13.0. The molecule has 0 bridgehead atoms. The van der Waals surface area contributed by atoms with Crippen molar-refractivity contribution in [2.45, 2.75) is 24.9 Å². The van der Waals surface area contributed by atoms with Crippen LogP contribution in [0.15, 0.2) is 48.8 Å². The van der Waals surface area contributed by atoms with E-state index in [9.17, 15) is 4.39 Å². The standard InChI is InChI=1S/C15H15FN2/c16-13-6-11(8-17-10-13)9-18-15-7-14(15)12-4-2-1-3-5-12/h1-6,8,10,14-15,18H,7,9H2. The Kier molecular flexibility index (Phi) is 3.07. The van der Waals surface area contributed by atoms with Crippen molar-refractivity contribution < 1.29 is 4.39 Å². The SMILES string of the molecule is Fc1cncc(CNC2CC2c2ccccc2)c1. The fourth-order valence-electron chi connectivity index (χ4n) is 2.29. The molecular formula is C15H15FN2. The summed E-state index contributed by atoms with van der Waals surface area (Å²) in [5, 5.41) is 3.44. The normalized spacial score (nSPS) is 21.8. The van der Waals surface area contributed by atoms with Crippen LogP contribution in [0.2, 0.25) is 0 Å². The van der Waals surface area contributed by atoms with Gasteiger partial charge in [-0.3, -0.25) is 4.98 Å². The zero-order valence-electron chi connectivity index (χ0n) is 10.0. The highest BCUT2D eigenvalue weighted by molar-refractivity contribution is 5.27. The lowest BCUT2D eigenvalue weighted by Crippen LogP contribution is -2.17. The Hall–Kier alpha value is -1.74. The second-order valence-corrected chi connectivity index (χ2v) is 4.75. The van der Waals surface area contributed by atoms with Crippen LogP contribution in [-0.4, -0.2) is 11.0 Å². The molecule has 1 aliphatic carbocycles. The molecule has 0 saturated heterocycles. The van der Waals surface area contributed by atoms with Crippen LogP contribution in [-0.2, 0) is 6.54 Å². The van der Waals surface area contributed by atoms with Gasteiger partial charge in [0, 0.05) is 24.7 Å². The van der Waals surface area contributed by atoms with Crippen molar-refractivity contribution in [3.05, 3.63) is 65.7 Å². The van der Waals surface area contributed by atoms with Crippen molar-refractivity contribution >= 4 is 0 Å². The van der Waals surface area contributed by atoms with Crippen molar-refractivity contribution in [3.8, 4) is 0 Å². The van der Waals surface area contributed by atoms with Crippen LogP contribution in [0.25, 0.3) is 0 Å². The van der Waals surface area contributed by atoms with Gasteiger partial charge in [0.05, 0.1) is 6.20 Å². The molecule has 1 fully saturated rings. The molecule has 1 heterocycles. The molecule has 2 atom stereocenters. The van der Waals surface area contributed by atoms with Gasteiger partial charge < -0.3 is 5.32 Å². The lowest BCUT2D eigenvalue weighted by molar-refractivity contribution is 0.611. The number of aromatic nitrogens is 1. The van der Waals surface area contributed by atoms with Crippen LogP contribution >= 0.6 is 0 Å². The minimum Gasteiger partial charge on any atom is -0.309 e. The van der Waals surface area contributed by atoms with Crippen molar-refractivity contribution in [3.63, 3.8) is 0 Å². The molecule has 0 radical (unpaired) electrons. The number of nitrogens with zero attached hydrogens (tertiary/aromatic N) is 1. The Balaban J connectivity index is 1.55. The maximum Gasteiger partial charge on any atom is 0.141 e. The molecule has 3 heteroatoms. The zero-order chi connectivity index (χ0) is 12.4. The number of hydrogen-bond acceptors (Lipinski definition) is 2. The number of halogens is 1. The first-order valence-electron chi connectivity index (χ1n) is 6.21. The van der Waals surface area contributed by atoms with Gasteiger partial charge in [-0.25, -0.2) is 4.39 Å². The summed E-state index contributed by atoms with van der Waals surface area (Å²) in [6.45, 7) is 0.679. The molecule has 2 unspecified atom stereocenters. The molecule has 1 N–H and O–H groups in total. The summed E-state index contributed by atoms with van der Waals surface area (Å²) in [5.41, 5.74) is 2.28. The van der Waals surface area contributed by atoms with Crippen LogP contribution in [0.3, 0.4) is 0 Å². The summed E-state index contributed by atoms with van der Waals surface area (Å²) in [6, 6.07) is 12.5. The summed E-state index contributed by atoms with van der Waals surface area (Å²) in [7, 11) is 0. The molecule has 3 rings (SSSR count). The lowest BCUT2D eigenvalue weighted by atomic mass is 10.1. The van der Waals surface area contributed by atoms with E-state index >= 15 is 0 Å². The third-order valence-corrected chi connectivity index (χ3v) is 3.35. The maximum atomic E-state index is 13.0. The number of pyridine rings is 1. The van der Waals surface area contributed by atoms with Crippen molar-refractivity contribution in [1.29, 1.82) is 0 Å². The number of hydrogen-bond donors (Lipinski definition) is 1. The minimum absolute atomic E-state index is 0.273. The van der Waals surface area contributed by atoms with E-state index in [0.29, 0.717) is 18.5 Å². The first-order valence-corrected chi connectivity index (χ1v) is 6.21. The van der Waals surface area contributed by atoms with E-state index in [1.165, 1.54) is 17.8 Å². The molecule has 2 aromatic rings. The molecule has 1 aromatic carbocycles. The highest BCUT2D eigenvalue weighted by Gasteiger charge is 2.37. The van der Waals surface area contributed by atoms with Gasteiger partial charge in [0.2, 0.25) is 0 Å². The van der Waals surface area contributed by atoms with Crippen LogP contribution in [0.1, 0.15) is 23.5 Å². The molecule has 92 valence electrons. The fraction of sp³-hybridized carbons (Fsp3) is 0.267. The van der Waals surface area contributed by atoms with Gasteiger partial charge in [0.25, 0.3) is 0 Å². The van der Waals surface area contributed by atoms with Gasteiger partial charge >= 0.3 is 0 Å². The highest BCUT2D eigenvalue weighted by atomic mass is 19.1. The van der Waals surface area contributed by atoms with Crippen LogP contribution in [0.5, 0.6) is 0 Å². The second kappa shape index (κ2) is 4.86. The molecule has 2 nitrogen and oxygen atoms in total. The number of nitrogens with one attached hydrogen (secondary N) is 1.